The van der Waals surface area contributed by atoms with Crippen molar-refractivity contribution in [3.05, 3.63) is 29.8 Å². The van der Waals surface area contributed by atoms with E-state index in [9.17, 15) is 0 Å². The monoisotopic (exact) mass is 263 g/mol. The largest absolute Gasteiger partial charge is 0.494 e. The van der Waals surface area contributed by atoms with Gasteiger partial charge in [0.1, 0.15) is 5.75 Å². The van der Waals surface area contributed by atoms with Crippen molar-refractivity contribution in [1.82, 2.24) is 5.32 Å². The number of rotatable bonds is 9. The van der Waals surface area contributed by atoms with Gasteiger partial charge in [0.05, 0.1) is 6.61 Å². The van der Waals surface area contributed by atoms with Gasteiger partial charge in [0.15, 0.2) is 0 Å². The number of ether oxygens (including phenoxy) is 1. The molecule has 0 spiro atoms. The number of aliphatic hydroxyl groups is 1. The van der Waals surface area contributed by atoms with Gasteiger partial charge in [-0.05, 0) is 48.8 Å². The predicted molar refractivity (Wildman–Crippen MR) is 77.3 cm³/mol. The Morgan fingerprint density at radius 3 is 2.89 bits per heavy atom. The van der Waals surface area contributed by atoms with Gasteiger partial charge in [-0.1, -0.05) is 19.1 Å². The van der Waals surface area contributed by atoms with E-state index in [2.05, 4.69) is 24.4 Å². The van der Waals surface area contributed by atoms with Crippen LogP contribution in [0.25, 0.3) is 0 Å². The first-order chi connectivity index (χ1) is 9.28. The fourth-order valence-corrected chi connectivity index (χ4v) is 2.37. The smallest absolute Gasteiger partial charge is 0.119 e. The Labute approximate surface area is 116 Å². The van der Waals surface area contributed by atoms with Crippen LogP contribution in [0.4, 0.5) is 0 Å². The number of hydrogen-bond donors (Lipinski definition) is 2. The zero-order chi connectivity index (χ0) is 13.6. The first-order valence-electron chi connectivity index (χ1n) is 7.31. The van der Waals surface area contributed by atoms with Crippen LogP contribution < -0.4 is 10.1 Å². The summed E-state index contributed by atoms with van der Waals surface area (Å²) in [7, 11) is 0. The molecule has 3 nitrogen and oxygen atoms in total. The highest BCUT2D eigenvalue weighted by molar-refractivity contribution is 5.28. The highest BCUT2D eigenvalue weighted by Gasteiger charge is 2.41. The lowest BCUT2D eigenvalue weighted by molar-refractivity contribution is 0.245. The van der Waals surface area contributed by atoms with Crippen LogP contribution in [0.2, 0.25) is 0 Å². The summed E-state index contributed by atoms with van der Waals surface area (Å²) >= 11 is 0. The zero-order valence-corrected chi connectivity index (χ0v) is 11.8. The molecule has 0 aliphatic heterocycles. The van der Waals surface area contributed by atoms with Crippen LogP contribution in [-0.2, 0) is 6.54 Å². The van der Waals surface area contributed by atoms with Crippen LogP contribution in [0.3, 0.4) is 0 Å². The van der Waals surface area contributed by atoms with E-state index in [1.807, 2.05) is 12.1 Å². The highest BCUT2D eigenvalue weighted by atomic mass is 16.5. The molecule has 0 heterocycles. The van der Waals surface area contributed by atoms with E-state index in [1.54, 1.807) is 0 Å². The summed E-state index contributed by atoms with van der Waals surface area (Å²) < 4.78 is 5.63. The lowest BCUT2D eigenvalue weighted by atomic mass is 10.0. The summed E-state index contributed by atoms with van der Waals surface area (Å²) in [6, 6.07) is 8.28. The fraction of sp³-hybridized carbons (Fsp3) is 0.625. The molecule has 1 aromatic rings. The van der Waals surface area contributed by atoms with Crippen molar-refractivity contribution in [2.45, 2.75) is 39.2 Å². The molecular formula is C16H25NO2. The third kappa shape index (κ3) is 4.51. The maximum atomic E-state index is 9.03. The molecule has 0 atom stereocenters. The number of benzene rings is 1. The molecule has 0 aromatic heterocycles. The van der Waals surface area contributed by atoms with Gasteiger partial charge in [0.25, 0.3) is 0 Å². The maximum Gasteiger partial charge on any atom is 0.119 e. The minimum absolute atomic E-state index is 0.308. The Morgan fingerprint density at radius 2 is 2.21 bits per heavy atom. The molecule has 0 bridgehead atoms. The molecule has 1 aromatic carbocycles. The molecule has 2 rings (SSSR count). The van der Waals surface area contributed by atoms with Gasteiger partial charge in [-0.15, -0.1) is 0 Å². The predicted octanol–water partition coefficient (Wildman–Crippen LogP) is 2.73. The molecule has 0 radical (unpaired) electrons. The molecule has 0 amide bonds. The number of hydrogen-bond acceptors (Lipinski definition) is 3. The average Bonchev–Trinajstić information content (AvgIpc) is 3.17. The third-order valence-electron chi connectivity index (χ3n) is 3.80. The lowest BCUT2D eigenvalue weighted by Crippen LogP contribution is -2.24. The van der Waals surface area contributed by atoms with E-state index in [0.717, 1.165) is 38.3 Å². The van der Waals surface area contributed by atoms with Crippen molar-refractivity contribution in [2.24, 2.45) is 5.41 Å². The molecule has 0 saturated heterocycles. The van der Waals surface area contributed by atoms with E-state index in [4.69, 9.17) is 9.84 Å². The van der Waals surface area contributed by atoms with Crippen LogP contribution in [0, 0.1) is 5.41 Å². The Kier molecular flexibility index (Phi) is 5.23. The van der Waals surface area contributed by atoms with Crippen LogP contribution in [0.15, 0.2) is 24.3 Å². The average molecular weight is 263 g/mol. The Bertz CT molecular complexity index is 388. The molecule has 0 unspecified atom stereocenters. The summed E-state index contributed by atoms with van der Waals surface area (Å²) in [5.74, 6) is 0.956. The topological polar surface area (TPSA) is 41.5 Å². The van der Waals surface area contributed by atoms with Gasteiger partial charge in [-0.2, -0.15) is 0 Å². The van der Waals surface area contributed by atoms with Crippen molar-refractivity contribution in [2.75, 3.05) is 19.8 Å². The quantitative estimate of drug-likeness (QED) is 0.720. The van der Waals surface area contributed by atoms with Gasteiger partial charge in [-0.3, -0.25) is 0 Å². The molecule has 2 N–H and O–H groups in total. The van der Waals surface area contributed by atoms with Gasteiger partial charge in [-0.25, -0.2) is 0 Å². The Balaban J connectivity index is 1.76. The summed E-state index contributed by atoms with van der Waals surface area (Å²) in [6.07, 6.45) is 4.46. The first-order valence-corrected chi connectivity index (χ1v) is 7.31. The van der Waals surface area contributed by atoms with E-state index in [0.29, 0.717) is 12.0 Å². The standard InChI is InChI=1S/C16H25NO2/c1-2-10-19-15-5-3-4-14(11-15)12-17-13-16(6-7-16)8-9-18/h3-5,11,17-18H,2,6-10,12-13H2,1H3. The van der Waals surface area contributed by atoms with Crippen molar-refractivity contribution in [3.63, 3.8) is 0 Å². The summed E-state index contributed by atoms with van der Waals surface area (Å²) in [5, 5.41) is 12.5. The zero-order valence-electron chi connectivity index (χ0n) is 11.8. The summed E-state index contributed by atoms with van der Waals surface area (Å²) in [4.78, 5) is 0. The normalized spacial score (nSPS) is 16.3. The first kappa shape index (κ1) is 14.4. The molecule has 106 valence electrons. The number of aliphatic hydroxyl groups excluding tert-OH is 1. The van der Waals surface area contributed by atoms with Crippen molar-refractivity contribution in [1.29, 1.82) is 0 Å². The van der Waals surface area contributed by atoms with E-state index >= 15 is 0 Å². The van der Waals surface area contributed by atoms with Gasteiger partial charge in [0.2, 0.25) is 0 Å². The molecule has 19 heavy (non-hydrogen) atoms. The maximum absolute atomic E-state index is 9.03. The Morgan fingerprint density at radius 1 is 1.37 bits per heavy atom. The minimum atomic E-state index is 0.308. The van der Waals surface area contributed by atoms with Crippen LogP contribution in [0.5, 0.6) is 5.75 Å². The highest BCUT2D eigenvalue weighted by Crippen LogP contribution is 2.47. The molecule has 1 saturated carbocycles. The fourth-order valence-electron chi connectivity index (χ4n) is 2.37. The molecule has 1 fully saturated rings. The van der Waals surface area contributed by atoms with Crippen molar-refractivity contribution < 1.29 is 9.84 Å². The minimum Gasteiger partial charge on any atom is -0.494 e. The van der Waals surface area contributed by atoms with Gasteiger partial charge in [0, 0.05) is 19.7 Å². The molecule has 3 heteroatoms. The molecule has 1 aliphatic rings. The third-order valence-corrected chi connectivity index (χ3v) is 3.80. The molecular weight excluding hydrogens is 238 g/mol. The summed E-state index contributed by atoms with van der Waals surface area (Å²) in [6.45, 7) is 5.07. The van der Waals surface area contributed by atoms with Crippen molar-refractivity contribution >= 4 is 0 Å². The molecule has 1 aliphatic carbocycles. The van der Waals surface area contributed by atoms with Gasteiger partial charge < -0.3 is 15.2 Å². The second-order valence-corrected chi connectivity index (χ2v) is 5.57. The second kappa shape index (κ2) is 6.92. The summed E-state index contributed by atoms with van der Waals surface area (Å²) in [5.41, 5.74) is 1.64. The van der Waals surface area contributed by atoms with E-state index in [-0.39, 0.29) is 0 Å². The number of nitrogens with one attached hydrogen (secondary N) is 1. The van der Waals surface area contributed by atoms with E-state index in [1.165, 1.54) is 18.4 Å². The van der Waals surface area contributed by atoms with E-state index < -0.39 is 0 Å². The SMILES string of the molecule is CCCOc1cccc(CNCC2(CCO)CC2)c1. The second-order valence-electron chi connectivity index (χ2n) is 5.57. The van der Waals surface area contributed by atoms with Crippen LogP contribution in [-0.4, -0.2) is 24.9 Å². The van der Waals surface area contributed by atoms with Gasteiger partial charge >= 0.3 is 0 Å². The van der Waals surface area contributed by atoms with Crippen molar-refractivity contribution in [3.8, 4) is 5.75 Å². The Hall–Kier alpha value is -1.06. The lowest BCUT2D eigenvalue weighted by Gasteiger charge is -2.15. The van der Waals surface area contributed by atoms with Crippen LogP contribution in [0.1, 0.15) is 38.2 Å². The van der Waals surface area contributed by atoms with Crippen LogP contribution >= 0.6 is 0 Å².